The molecule has 0 unspecified atom stereocenters. The maximum absolute atomic E-state index is 11.7. The predicted octanol–water partition coefficient (Wildman–Crippen LogP) is 0.530. The Balaban J connectivity index is 1.26. The standard InChI is InChI=1S/C18H28N4O/c23-18(17-13-19-14-17)20-7-4-8-21-9-11-22(12-10-21)15-16-5-2-1-3-6-16/h1-3,5-6,17,19H,4,7-15H2,(H,20,23). The Morgan fingerprint density at radius 1 is 1.09 bits per heavy atom. The van der Waals surface area contributed by atoms with Gasteiger partial charge in [-0.05, 0) is 18.5 Å². The summed E-state index contributed by atoms with van der Waals surface area (Å²) in [6.07, 6.45) is 1.05. The van der Waals surface area contributed by atoms with Gasteiger partial charge in [0.05, 0.1) is 5.92 Å². The lowest BCUT2D eigenvalue weighted by Crippen LogP contribution is -2.51. The molecule has 2 N–H and O–H groups in total. The first kappa shape index (κ1) is 16.4. The lowest BCUT2D eigenvalue weighted by molar-refractivity contribution is -0.126. The molecule has 23 heavy (non-hydrogen) atoms. The van der Waals surface area contributed by atoms with Crippen LogP contribution in [0.4, 0.5) is 0 Å². The van der Waals surface area contributed by atoms with E-state index in [2.05, 4.69) is 50.8 Å². The van der Waals surface area contributed by atoms with Crippen LogP contribution in [-0.2, 0) is 11.3 Å². The van der Waals surface area contributed by atoms with Crippen molar-refractivity contribution in [2.45, 2.75) is 13.0 Å². The van der Waals surface area contributed by atoms with Crippen LogP contribution in [0.3, 0.4) is 0 Å². The summed E-state index contributed by atoms with van der Waals surface area (Å²) in [6.45, 7) is 9.16. The minimum Gasteiger partial charge on any atom is -0.356 e. The SMILES string of the molecule is O=C(NCCCN1CCN(Cc2ccccc2)CC1)C1CNC1. The van der Waals surface area contributed by atoms with Crippen molar-refractivity contribution in [1.29, 1.82) is 0 Å². The molecule has 126 valence electrons. The maximum atomic E-state index is 11.7. The summed E-state index contributed by atoms with van der Waals surface area (Å²) in [7, 11) is 0. The second-order valence-electron chi connectivity index (χ2n) is 6.60. The van der Waals surface area contributed by atoms with Gasteiger partial charge in [-0.1, -0.05) is 30.3 Å². The largest absolute Gasteiger partial charge is 0.356 e. The average molecular weight is 316 g/mol. The van der Waals surface area contributed by atoms with Crippen molar-refractivity contribution in [3.05, 3.63) is 35.9 Å². The number of piperazine rings is 1. The number of nitrogens with zero attached hydrogens (tertiary/aromatic N) is 2. The third kappa shape index (κ3) is 5.03. The Labute approximate surface area is 139 Å². The van der Waals surface area contributed by atoms with Gasteiger partial charge in [-0.3, -0.25) is 9.69 Å². The van der Waals surface area contributed by atoms with Crippen LogP contribution in [-0.4, -0.2) is 68.1 Å². The highest BCUT2D eigenvalue weighted by Gasteiger charge is 2.24. The summed E-state index contributed by atoms with van der Waals surface area (Å²) in [5.41, 5.74) is 1.40. The number of carbonyl (C=O) groups excluding carboxylic acids is 1. The summed E-state index contributed by atoms with van der Waals surface area (Å²) in [6, 6.07) is 10.7. The maximum Gasteiger partial charge on any atom is 0.225 e. The van der Waals surface area contributed by atoms with E-state index in [0.29, 0.717) is 0 Å². The molecule has 1 amide bonds. The fraction of sp³-hybridized carbons (Fsp3) is 0.611. The Kier molecular flexibility index (Phi) is 6.02. The Morgan fingerprint density at radius 2 is 1.78 bits per heavy atom. The van der Waals surface area contributed by atoms with Crippen molar-refractivity contribution in [2.75, 3.05) is 52.4 Å². The molecule has 1 aromatic rings. The quantitative estimate of drug-likeness (QED) is 0.721. The molecule has 0 spiro atoms. The minimum absolute atomic E-state index is 0.205. The first-order valence-electron chi connectivity index (χ1n) is 8.78. The Morgan fingerprint density at radius 3 is 2.43 bits per heavy atom. The van der Waals surface area contributed by atoms with E-state index in [-0.39, 0.29) is 11.8 Å². The number of rotatable bonds is 7. The third-order valence-corrected chi connectivity index (χ3v) is 4.82. The molecule has 0 atom stereocenters. The second kappa shape index (κ2) is 8.43. The van der Waals surface area contributed by atoms with Crippen LogP contribution < -0.4 is 10.6 Å². The zero-order valence-electron chi connectivity index (χ0n) is 13.8. The van der Waals surface area contributed by atoms with Crippen molar-refractivity contribution >= 4 is 5.91 Å². The molecule has 0 bridgehead atoms. The molecular formula is C18H28N4O. The molecule has 5 heteroatoms. The van der Waals surface area contributed by atoms with Gasteiger partial charge in [-0.15, -0.1) is 0 Å². The summed E-state index contributed by atoms with van der Waals surface area (Å²) >= 11 is 0. The second-order valence-corrected chi connectivity index (χ2v) is 6.60. The molecule has 1 aromatic carbocycles. The van der Waals surface area contributed by atoms with Gasteiger partial charge in [-0.2, -0.15) is 0 Å². The van der Waals surface area contributed by atoms with Gasteiger partial charge in [-0.25, -0.2) is 0 Å². The molecule has 0 aromatic heterocycles. The molecule has 2 aliphatic heterocycles. The highest BCUT2D eigenvalue weighted by atomic mass is 16.2. The van der Waals surface area contributed by atoms with Gasteiger partial charge >= 0.3 is 0 Å². The molecule has 2 aliphatic rings. The minimum atomic E-state index is 0.205. The van der Waals surface area contributed by atoms with Crippen molar-refractivity contribution in [2.24, 2.45) is 5.92 Å². The van der Waals surface area contributed by atoms with E-state index in [9.17, 15) is 4.79 Å². The number of nitrogens with one attached hydrogen (secondary N) is 2. The van der Waals surface area contributed by atoms with Crippen molar-refractivity contribution in [3.8, 4) is 0 Å². The first-order chi connectivity index (χ1) is 11.3. The fourth-order valence-electron chi connectivity index (χ4n) is 3.15. The van der Waals surface area contributed by atoms with Crippen molar-refractivity contribution in [3.63, 3.8) is 0 Å². The zero-order valence-corrected chi connectivity index (χ0v) is 13.8. The van der Waals surface area contributed by atoms with E-state index in [1.165, 1.54) is 5.56 Å². The van der Waals surface area contributed by atoms with Gasteiger partial charge in [0.1, 0.15) is 0 Å². The zero-order chi connectivity index (χ0) is 15.9. The highest BCUT2D eigenvalue weighted by molar-refractivity contribution is 5.79. The molecular weight excluding hydrogens is 288 g/mol. The van der Waals surface area contributed by atoms with Crippen LogP contribution in [0.1, 0.15) is 12.0 Å². The number of hydrogen-bond donors (Lipinski definition) is 2. The number of hydrogen-bond acceptors (Lipinski definition) is 4. The number of benzene rings is 1. The Hall–Kier alpha value is -1.43. The molecule has 2 fully saturated rings. The van der Waals surface area contributed by atoms with Crippen LogP contribution in [0.5, 0.6) is 0 Å². The lowest BCUT2D eigenvalue weighted by Gasteiger charge is -2.34. The molecule has 2 saturated heterocycles. The van der Waals surface area contributed by atoms with Crippen molar-refractivity contribution in [1.82, 2.24) is 20.4 Å². The molecule has 0 aliphatic carbocycles. The average Bonchev–Trinajstić information content (AvgIpc) is 2.52. The van der Waals surface area contributed by atoms with E-state index in [1.54, 1.807) is 0 Å². The van der Waals surface area contributed by atoms with Gasteiger partial charge in [0.15, 0.2) is 0 Å². The van der Waals surface area contributed by atoms with Crippen LogP contribution >= 0.6 is 0 Å². The van der Waals surface area contributed by atoms with Crippen LogP contribution in [0.2, 0.25) is 0 Å². The van der Waals surface area contributed by atoms with Crippen LogP contribution in [0, 0.1) is 5.92 Å². The van der Waals surface area contributed by atoms with E-state index in [1.807, 2.05) is 0 Å². The third-order valence-electron chi connectivity index (χ3n) is 4.82. The molecule has 3 rings (SSSR count). The van der Waals surface area contributed by atoms with Crippen LogP contribution in [0.25, 0.3) is 0 Å². The lowest BCUT2D eigenvalue weighted by atomic mass is 10.0. The van der Waals surface area contributed by atoms with E-state index in [4.69, 9.17) is 0 Å². The summed E-state index contributed by atoms with van der Waals surface area (Å²) in [5.74, 6) is 0.424. The van der Waals surface area contributed by atoms with Crippen molar-refractivity contribution < 1.29 is 4.79 Å². The van der Waals surface area contributed by atoms with Crippen LogP contribution in [0.15, 0.2) is 30.3 Å². The fourth-order valence-corrected chi connectivity index (χ4v) is 3.15. The molecule has 5 nitrogen and oxygen atoms in total. The first-order valence-corrected chi connectivity index (χ1v) is 8.78. The smallest absolute Gasteiger partial charge is 0.225 e. The Bertz CT molecular complexity index is 481. The van der Waals surface area contributed by atoms with Gasteiger partial charge in [0.2, 0.25) is 5.91 Å². The number of amides is 1. The molecule has 0 radical (unpaired) electrons. The highest BCUT2D eigenvalue weighted by Crippen LogP contribution is 2.08. The monoisotopic (exact) mass is 316 g/mol. The molecule has 2 heterocycles. The van der Waals surface area contributed by atoms with E-state index >= 15 is 0 Å². The summed E-state index contributed by atoms with van der Waals surface area (Å²) in [5, 5.41) is 6.18. The van der Waals surface area contributed by atoms with E-state index in [0.717, 1.165) is 65.3 Å². The number of carbonyl (C=O) groups is 1. The van der Waals surface area contributed by atoms with Gasteiger partial charge < -0.3 is 15.5 Å². The summed E-state index contributed by atoms with van der Waals surface area (Å²) in [4.78, 5) is 16.8. The summed E-state index contributed by atoms with van der Waals surface area (Å²) < 4.78 is 0. The molecule has 0 saturated carbocycles. The van der Waals surface area contributed by atoms with Gasteiger partial charge in [0.25, 0.3) is 0 Å². The predicted molar refractivity (Wildman–Crippen MR) is 92.1 cm³/mol. The topological polar surface area (TPSA) is 47.6 Å². The van der Waals surface area contributed by atoms with Gasteiger partial charge in [0, 0.05) is 52.4 Å². The normalized spacial score (nSPS) is 20.2. The van der Waals surface area contributed by atoms with E-state index < -0.39 is 0 Å².